The summed E-state index contributed by atoms with van der Waals surface area (Å²) in [6, 6.07) is 7.94. The predicted molar refractivity (Wildman–Crippen MR) is 91.3 cm³/mol. The zero-order valence-electron chi connectivity index (χ0n) is 14.6. The Morgan fingerprint density at radius 1 is 1.15 bits per heavy atom. The summed E-state index contributed by atoms with van der Waals surface area (Å²) in [5, 5.41) is 2.35. The zero-order chi connectivity index (χ0) is 19.8. The van der Waals surface area contributed by atoms with Gasteiger partial charge in [-0.15, -0.1) is 0 Å². The lowest BCUT2D eigenvalue weighted by atomic mass is 9.91. The number of carbonyl (C=O) groups excluding carboxylic acids is 3. The maximum Gasteiger partial charge on any atom is 0.325 e. The fourth-order valence-corrected chi connectivity index (χ4v) is 2.92. The first-order chi connectivity index (χ1) is 12.8. The van der Waals surface area contributed by atoms with E-state index in [2.05, 4.69) is 5.32 Å². The van der Waals surface area contributed by atoms with Gasteiger partial charge >= 0.3 is 6.03 Å². The van der Waals surface area contributed by atoms with Gasteiger partial charge in [-0.3, -0.25) is 14.5 Å². The van der Waals surface area contributed by atoms with E-state index in [1.54, 1.807) is 12.1 Å². The Labute approximate surface area is 153 Å². The summed E-state index contributed by atoms with van der Waals surface area (Å²) >= 11 is 0. The number of benzene rings is 2. The number of Topliss-reactive ketones (excluding diaryl/α,β-unsaturated/α-hetero) is 1. The number of hydrogen-bond acceptors (Lipinski definition) is 4. The van der Waals surface area contributed by atoms with Crippen LogP contribution < -0.4 is 10.1 Å². The molecule has 1 N–H and O–H groups in total. The topological polar surface area (TPSA) is 75.7 Å². The van der Waals surface area contributed by atoms with Crippen molar-refractivity contribution in [3.63, 3.8) is 0 Å². The van der Waals surface area contributed by atoms with Crippen LogP contribution in [0.2, 0.25) is 0 Å². The van der Waals surface area contributed by atoms with Crippen molar-refractivity contribution in [2.24, 2.45) is 0 Å². The lowest BCUT2D eigenvalue weighted by molar-refractivity contribution is -0.130. The highest BCUT2D eigenvalue weighted by Crippen LogP contribution is 2.31. The molecule has 140 valence electrons. The van der Waals surface area contributed by atoms with Crippen molar-refractivity contribution in [2.45, 2.75) is 12.5 Å². The number of ketones is 1. The molecule has 0 unspecified atom stereocenters. The fraction of sp³-hybridized carbons (Fsp3) is 0.211. The number of halogens is 2. The standard InChI is InChI=1S/C19H16F2N2O4/c1-19(14-9-12(20)5-8-15(14)21)17(25)23(18(26)22-19)10-16(24)11-3-6-13(27-2)7-4-11/h3-9H,10H2,1-2H3,(H,22,26)/t19-/m1/s1. The van der Waals surface area contributed by atoms with Crippen molar-refractivity contribution in [2.75, 3.05) is 13.7 Å². The van der Waals surface area contributed by atoms with Crippen molar-refractivity contribution >= 4 is 17.7 Å². The van der Waals surface area contributed by atoms with E-state index in [9.17, 15) is 23.2 Å². The van der Waals surface area contributed by atoms with Crippen LogP contribution in [0.1, 0.15) is 22.8 Å². The second-order valence-electron chi connectivity index (χ2n) is 6.22. The Balaban J connectivity index is 1.85. The number of ether oxygens (including phenoxy) is 1. The van der Waals surface area contributed by atoms with E-state index in [-0.39, 0.29) is 11.1 Å². The van der Waals surface area contributed by atoms with Crippen LogP contribution in [0.3, 0.4) is 0 Å². The minimum Gasteiger partial charge on any atom is -0.497 e. The monoisotopic (exact) mass is 374 g/mol. The van der Waals surface area contributed by atoms with Crippen LogP contribution in [0.15, 0.2) is 42.5 Å². The molecule has 8 heteroatoms. The predicted octanol–water partition coefficient (Wildman–Crippen LogP) is 2.62. The van der Waals surface area contributed by atoms with E-state index >= 15 is 0 Å². The van der Waals surface area contributed by atoms with E-state index in [0.717, 1.165) is 18.2 Å². The van der Waals surface area contributed by atoms with Crippen LogP contribution in [0, 0.1) is 11.6 Å². The van der Waals surface area contributed by atoms with Gasteiger partial charge in [-0.05, 0) is 49.4 Å². The van der Waals surface area contributed by atoms with Crippen LogP contribution in [0.4, 0.5) is 13.6 Å². The third-order valence-electron chi connectivity index (χ3n) is 4.46. The molecule has 1 aliphatic rings. The van der Waals surface area contributed by atoms with Gasteiger partial charge in [0.05, 0.1) is 13.7 Å². The van der Waals surface area contributed by atoms with Gasteiger partial charge in [0.2, 0.25) is 0 Å². The molecule has 6 nitrogen and oxygen atoms in total. The Morgan fingerprint density at radius 2 is 1.81 bits per heavy atom. The summed E-state index contributed by atoms with van der Waals surface area (Å²) in [5.41, 5.74) is -1.83. The van der Waals surface area contributed by atoms with Crippen molar-refractivity contribution in [3.8, 4) is 5.75 Å². The molecule has 3 rings (SSSR count). The van der Waals surface area contributed by atoms with Gasteiger partial charge in [-0.1, -0.05) is 0 Å². The molecule has 2 aromatic rings. The van der Waals surface area contributed by atoms with Gasteiger partial charge in [-0.2, -0.15) is 0 Å². The third kappa shape index (κ3) is 3.25. The van der Waals surface area contributed by atoms with E-state index in [1.807, 2.05) is 0 Å². The number of hydrogen-bond donors (Lipinski definition) is 1. The number of amides is 3. The number of methoxy groups -OCH3 is 1. The molecule has 3 amide bonds. The third-order valence-corrected chi connectivity index (χ3v) is 4.46. The van der Waals surface area contributed by atoms with Gasteiger partial charge in [0.25, 0.3) is 5.91 Å². The van der Waals surface area contributed by atoms with Crippen molar-refractivity contribution in [1.82, 2.24) is 10.2 Å². The average Bonchev–Trinajstić information content (AvgIpc) is 2.87. The minimum absolute atomic E-state index is 0.280. The van der Waals surface area contributed by atoms with Crippen molar-refractivity contribution < 1.29 is 27.9 Å². The molecule has 1 heterocycles. The summed E-state index contributed by atoms with van der Waals surface area (Å²) in [7, 11) is 1.48. The maximum atomic E-state index is 14.1. The number of nitrogens with one attached hydrogen (secondary N) is 1. The second-order valence-corrected chi connectivity index (χ2v) is 6.22. The van der Waals surface area contributed by atoms with Gasteiger partial charge in [0.1, 0.15) is 22.9 Å². The first kappa shape index (κ1) is 18.5. The SMILES string of the molecule is COc1ccc(C(=O)CN2C(=O)N[C@](C)(c3cc(F)ccc3F)C2=O)cc1. The van der Waals surface area contributed by atoms with E-state index in [0.29, 0.717) is 10.6 Å². The van der Waals surface area contributed by atoms with Crippen LogP contribution in [-0.4, -0.2) is 36.3 Å². The molecule has 0 bridgehead atoms. The van der Waals surface area contributed by atoms with Gasteiger partial charge in [-0.25, -0.2) is 13.6 Å². The van der Waals surface area contributed by atoms with Crippen LogP contribution in [0.25, 0.3) is 0 Å². The summed E-state index contributed by atoms with van der Waals surface area (Å²) in [5.74, 6) is -2.35. The molecule has 0 aliphatic carbocycles. The highest BCUT2D eigenvalue weighted by Gasteiger charge is 2.50. The van der Waals surface area contributed by atoms with E-state index < -0.39 is 41.4 Å². The molecule has 0 spiro atoms. The molecule has 1 aliphatic heterocycles. The largest absolute Gasteiger partial charge is 0.497 e. The summed E-state index contributed by atoms with van der Waals surface area (Å²) in [4.78, 5) is 38.1. The van der Waals surface area contributed by atoms with Crippen molar-refractivity contribution in [3.05, 3.63) is 65.2 Å². The molecule has 0 radical (unpaired) electrons. The molecular weight excluding hydrogens is 358 g/mol. The maximum absolute atomic E-state index is 14.1. The molecule has 0 saturated carbocycles. The first-order valence-corrected chi connectivity index (χ1v) is 8.03. The second kappa shape index (κ2) is 6.79. The molecule has 1 atom stereocenters. The van der Waals surface area contributed by atoms with Crippen LogP contribution >= 0.6 is 0 Å². The first-order valence-electron chi connectivity index (χ1n) is 8.03. The molecule has 27 heavy (non-hydrogen) atoms. The summed E-state index contributed by atoms with van der Waals surface area (Å²) in [6.45, 7) is 0.743. The van der Waals surface area contributed by atoms with Crippen LogP contribution in [-0.2, 0) is 10.3 Å². The minimum atomic E-state index is -1.80. The Kier molecular flexibility index (Phi) is 4.65. The van der Waals surface area contributed by atoms with Crippen molar-refractivity contribution in [1.29, 1.82) is 0 Å². The number of carbonyl (C=O) groups is 3. The van der Waals surface area contributed by atoms with Gasteiger partial charge in [0, 0.05) is 11.1 Å². The zero-order valence-corrected chi connectivity index (χ0v) is 14.6. The molecule has 1 saturated heterocycles. The van der Waals surface area contributed by atoms with Gasteiger partial charge in [0.15, 0.2) is 5.78 Å². The number of imide groups is 1. The van der Waals surface area contributed by atoms with E-state index in [4.69, 9.17) is 4.74 Å². The quantitative estimate of drug-likeness (QED) is 0.645. The number of nitrogens with zero attached hydrogens (tertiary/aromatic N) is 1. The fourth-order valence-electron chi connectivity index (χ4n) is 2.92. The van der Waals surface area contributed by atoms with Gasteiger partial charge < -0.3 is 10.1 Å². The highest BCUT2D eigenvalue weighted by molar-refractivity contribution is 6.11. The van der Waals surface area contributed by atoms with Crippen LogP contribution in [0.5, 0.6) is 5.75 Å². The lowest BCUT2D eigenvalue weighted by Gasteiger charge is -2.22. The summed E-state index contributed by atoms with van der Waals surface area (Å²) < 4.78 is 32.6. The molecule has 1 fully saturated rings. The molecular formula is C19H16F2N2O4. The average molecular weight is 374 g/mol. The Bertz CT molecular complexity index is 930. The molecule has 0 aromatic heterocycles. The highest BCUT2D eigenvalue weighted by atomic mass is 19.1. The van der Waals surface area contributed by atoms with E-state index in [1.165, 1.54) is 26.2 Å². The summed E-state index contributed by atoms with van der Waals surface area (Å²) in [6.07, 6.45) is 0. The normalized spacial score (nSPS) is 19.2. The number of urea groups is 1. The molecule has 2 aromatic carbocycles. The Morgan fingerprint density at radius 3 is 2.44 bits per heavy atom. The smallest absolute Gasteiger partial charge is 0.325 e. The lowest BCUT2D eigenvalue weighted by Crippen LogP contribution is -2.42. The number of rotatable bonds is 5. The Hall–Kier alpha value is -3.29.